The second-order valence-corrected chi connectivity index (χ2v) is 24.8. The van der Waals surface area contributed by atoms with Gasteiger partial charge >= 0.3 is 0 Å². The van der Waals surface area contributed by atoms with Crippen molar-refractivity contribution < 1.29 is 79.3 Å². The molecule has 0 aliphatic carbocycles. The molecule has 5 aromatic rings. The third-order valence-corrected chi connectivity index (χ3v) is 19.7. The van der Waals surface area contributed by atoms with Gasteiger partial charge in [-0.05, 0) is 65.6 Å². The number of fused-ring (bicyclic) bond motifs is 2. The number of aromatic nitrogens is 3. The molecule has 11 N–H and O–H groups in total. The van der Waals surface area contributed by atoms with Crippen molar-refractivity contribution in [2.24, 2.45) is 5.92 Å². The molecular weight excluding hydrogens is 993 g/mol. The second-order valence-electron chi connectivity index (χ2n) is 20.1. The SMILES string of the molecule is COc1ccc([Si](C)(C)[C@@H]2[C@@H](CCn3cc(C(CO)c4ccccc4)nn3)O[C@]3(C(=O)N(Cc4ccc(NC(=O)[C@H]5O[C@@H](O)[C@H](O)[C@@H](O)[C@@H]5O)cc4)c4ccc(NC(=O)[C@H]5O[C@@H](O)[C@H](O)[C@@H](O)[C@@H]5O)cc43)[C@H]2C)cc1. The molecule has 400 valence electrons. The van der Waals surface area contributed by atoms with E-state index < -0.39 is 111 Å². The molecule has 4 aliphatic heterocycles. The standard InChI is InChI=1S/C52H62N6O16Si/c1-26-46(75(3,4)32-17-15-31(71-2)16-18-32)37(20-21-57-24-35(55-56-57)33(25-59)28-8-6-5-7-9-28)74-52(26)34-22-30(54-48(67)45-41(63)39(61)43(65)50(69)73-45)14-19-36(34)58(51(52)70)23-27-10-12-29(13-11-27)53-47(66)44-40(62)38(60)42(64)49(68)72-44/h5-19,22,24,26,33,37-46,49-50,59-65,68-69H,20-21,23,25H2,1-4H3,(H,53,66)(H,54,67)/t26-,33?,37+,38-,39-,40-,41-,42+,43+,44-,45-,46-,49+,50+,52+/m0/s1. The molecule has 22 nitrogen and oxygen atoms in total. The van der Waals surface area contributed by atoms with Crippen LogP contribution in [0.4, 0.5) is 17.1 Å². The highest BCUT2D eigenvalue weighted by atomic mass is 28.3. The number of aliphatic hydroxyl groups is 9. The fourth-order valence-electron chi connectivity index (χ4n) is 11.2. The number of methoxy groups -OCH3 is 1. The zero-order valence-electron chi connectivity index (χ0n) is 41.4. The molecular formula is C52H62N6O16Si. The molecule has 15 atom stereocenters. The summed E-state index contributed by atoms with van der Waals surface area (Å²) in [5.74, 6) is -2.51. The van der Waals surface area contributed by atoms with Crippen molar-refractivity contribution >= 4 is 48.0 Å². The molecule has 5 heterocycles. The van der Waals surface area contributed by atoms with E-state index in [9.17, 15) is 55.5 Å². The molecule has 1 spiro atoms. The van der Waals surface area contributed by atoms with Crippen molar-refractivity contribution in [2.75, 3.05) is 29.3 Å². The minimum absolute atomic E-state index is 0.00562. The van der Waals surface area contributed by atoms with Gasteiger partial charge in [-0.15, -0.1) is 5.10 Å². The van der Waals surface area contributed by atoms with Gasteiger partial charge < -0.3 is 80.4 Å². The number of amides is 3. The fraction of sp³-hybridized carbons (Fsp3) is 0.442. The fourth-order valence-corrected chi connectivity index (χ4v) is 15.2. The van der Waals surface area contributed by atoms with Crippen molar-refractivity contribution in [3.8, 4) is 5.75 Å². The highest BCUT2D eigenvalue weighted by Gasteiger charge is 2.66. The Bertz CT molecular complexity index is 2840. The first-order valence-electron chi connectivity index (χ1n) is 24.6. The lowest BCUT2D eigenvalue weighted by molar-refractivity contribution is -0.274. The topological polar surface area (TPSA) is 328 Å². The number of ether oxygens (including phenoxy) is 4. The van der Waals surface area contributed by atoms with Gasteiger partial charge in [0, 0.05) is 35.6 Å². The highest BCUT2D eigenvalue weighted by Crippen LogP contribution is 2.60. The van der Waals surface area contributed by atoms with Crippen molar-refractivity contribution in [3.05, 3.63) is 126 Å². The molecule has 3 saturated heterocycles. The van der Waals surface area contributed by atoms with E-state index in [0.29, 0.717) is 41.2 Å². The van der Waals surface area contributed by atoms with Crippen LogP contribution in [0.1, 0.15) is 41.6 Å². The molecule has 4 aromatic carbocycles. The Morgan fingerprint density at radius 2 is 1.36 bits per heavy atom. The Labute approximate surface area is 431 Å². The molecule has 3 amide bonds. The van der Waals surface area contributed by atoms with Crippen LogP contribution in [0.5, 0.6) is 5.75 Å². The van der Waals surface area contributed by atoms with Gasteiger partial charge in [0.05, 0.1) is 51.7 Å². The van der Waals surface area contributed by atoms with Crippen LogP contribution in [0.3, 0.4) is 0 Å². The second kappa shape index (κ2) is 21.5. The van der Waals surface area contributed by atoms with Crippen LogP contribution < -0.4 is 25.5 Å². The number of benzene rings is 4. The van der Waals surface area contributed by atoms with Crippen LogP contribution in [0, 0.1) is 5.92 Å². The van der Waals surface area contributed by atoms with Crippen molar-refractivity contribution in [3.63, 3.8) is 0 Å². The van der Waals surface area contributed by atoms with Gasteiger partial charge in [-0.1, -0.05) is 85.0 Å². The van der Waals surface area contributed by atoms with E-state index in [1.54, 1.807) is 65.4 Å². The van der Waals surface area contributed by atoms with Crippen LogP contribution in [-0.2, 0) is 47.3 Å². The van der Waals surface area contributed by atoms with Crippen LogP contribution in [0.25, 0.3) is 0 Å². The van der Waals surface area contributed by atoms with Gasteiger partial charge in [-0.3, -0.25) is 19.1 Å². The molecule has 3 fully saturated rings. The van der Waals surface area contributed by atoms with Gasteiger partial charge in [0.25, 0.3) is 17.7 Å². The summed E-state index contributed by atoms with van der Waals surface area (Å²) in [5.41, 5.74) is 1.43. The third-order valence-electron chi connectivity index (χ3n) is 15.3. The van der Waals surface area contributed by atoms with E-state index >= 15 is 4.79 Å². The number of nitrogens with one attached hydrogen (secondary N) is 2. The molecule has 0 saturated carbocycles. The van der Waals surface area contributed by atoms with Gasteiger partial charge in [0.15, 0.2) is 30.4 Å². The molecule has 4 aliphatic rings. The van der Waals surface area contributed by atoms with E-state index in [1.807, 2.05) is 61.5 Å². The summed E-state index contributed by atoms with van der Waals surface area (Å²) in [4.78, 5) is 44.2. The van der Waals surface area contributed by atoms with E-state index in [0.717, 1.165) is 10.8 Å². The largest absolute Gasteiger partial charge is 0.497 e. The Balaban J connectivity index is 1.06. The Morgan fingerprint density at radius 1 is 0.773 bits per heavy atom. The number of carbonyl (C=O) groups excluding carboxylic acids is 3. The summed E-state index contributed by atoms with van der Waals surface area (Å²) in [7, 11) is -1.11. The smallest absolute Gasteiger partial charge is 0.264 e. The molecule has 9 rings (SSSR count). The summed E-state index contributed by atoms with van der Waals surface area (Å²) >= 11 is 0. The lowest BCUT2D eigenvalue weighted by Crippen LogP contribution is -2.60. The molecule has 0 radical (unpaired) electrons. The molecule has 23 heteroatoms. The maximum absolute atomic E-state index is 15.8. The first kappa shape index (κ1) is 53.8. The lowest BCUT2D eigenvalue weighted by Gasteiger charge is -2.37. The number of aryl methyl sites for hydroxylation is 1. The molecule has 0 bridgehead atoms. The van der Waals surface area contributed by atoms with Crippen LogP contribution in [0.2, 0.25) is 18.6 Å². The van der Waals surface area contributed by atoms with Crippen molar-refractivity contribution in [1.29, 1.82) is 0 Å². The predicted molar refractivity (Wildman–Crippen MR) is 269 cm³/mol. The average molecular weight is 1060 g/mol. The number of carbonyl (C=O) groups is 3. The van der Waals surface area contributed by atoms with Crippen molar-refractivity contribution in [2.45, 2.75) is 124 Å². The number of rotatable bonds is 15. The summed E-state index contributed by atoms with van der Waals surface area (Å²) in [6.07, 6.45) is -17.0. The average Bonchev–Trinajstić information content (AvgIpc) is 4.13. The van der Waals surface area contributed by atoms with E-state index in [-0.39, 0.29) is 30.1 Å². The molecule has 1 aromatic heterocycles. The minimum atomic E-state index is -2.70. The quantitative estimate of drug-likeness (QED) is 0.0602. The summed E-state index contributed by atoms with van der Waals surface area (Å²) < 4.78 is 24.9. The van der Waals surface area contributed by atoms with Gasteiger partial charge in [0.2, 0.25) is 0 Å². The Hall–Kier alpha value is -6.03. The number of hydrogen-bond donors (Lipinski definition) is 11. The van der Waals surface area contributed by atoms with Crippen LogP contribution in [-0.4, -0.2) is 168 Å². The first-order valence-corrected chi connectivity index (χ1v) is 27.7. The first-order chi connectivity index (χ1) is 35.8. The third kappa shape index (κ3) is 10.0. The number of nitrogens with zero attached hydrogens (tertiary/aromatic N) is 4. The van der Waals surface area contributed by atoms with E-state index in [1.165, 1.54) is 0 Å². The van der Waals surface area contributed by atoms with E-state index in [2.05, 4.69) is 34.0 Å². The maximum Gasteiger partial charge on any atom is 0.264 e. The zero-order valence-corrected chi connectivity index (χ0v) is 42.4. The minimum Gasteiger partial charge on any atom is -0.497 e. The summed E-state index contributed by atoms with van der Waals surface area (Å²) in [5, 5.41) is 107. The van der Waals surface area contributed by atoms with Crippen molar-refractivity contribution in [1.82, 2.24) is 15.0 Å². The van der Waals surface area contributed by atoms with Crippen LogP contribution >= 0.6 is 0 Å². The number of anilines is 3. The normalized spacial score (nSPS) is 31.0. The molecule has 75 heavy (non-hydrogen) atoms. The summed E-state index contributed by atoms with van der Waals surface area (Å²) in [6, 6.07) is 28.6. The maximum atomic E-state index is 15.8. The Morgan fingerprint density at radius 3 is 1.95 bits per heavy atom. The number of hydrogen-bond acceptors (Lipinski definition) is 18. The van der Waals surface area contributed by atoms with Gasteiger partial charge in [-0.2, -0.15) is 0 Å². The monoisotopic (exact) mass is 1050 g/mol. The molecule has 1 unspecified atom stereocenters. The summed E-state index contributed by atoms with van der Waals surface area (Å²) in [6.45, 7) is 6.57. The highest BCUT2D eigenvalue weighted by molar-refractivity contribution is 6.91. The van der Waals surface area contributed by atoms with Gasteiger partial charge in [-0.25, -0.2) is 0 Å². The predicted octanol–water partition coefficient (Wildman–Crippen LogP) is -0.259. The zero-order chi connectivity index (χ0) is 53.7. The number of aliphatic hydroxyl groups excluding tert-OH is 9. The van der Waals surface area contributed by atoms with Crippen LogP contribution in [0.15, 0.2) is 103 Å². The lowest BCUT2D eigenvalue weighted by atomic mass is 9.82. The van der Waals surface area contributed by atoms with Gasteiger partial charge in [0.1, 0.15) is 42.4 Å². The van der Waals surface area contributed by atoms with E-state index in [4.69, 9.17) is 18.9 Å². The Kier molecular flexibility index (Phi) is 15.4.